The van der Waals surface area contributed by atoms with Crippen LogP contribution in [-0.4, -0.2) is 32.5 Å². The fourth-order valence-electron chi connectivity index (χ4n) is 2.96. The molecule has 1 aliphatic rings. The highest BCUT2D eigenvalue weighted by Gasteiger charge is 2.23. The van der Waals surface area contributed by atoms with Gasteiger partial charge in [-0.3, -0.25) is 9.58 Å². The van der Waals surface area contributed by atoms with Gasteiger partial charge in [0.15, 0.2) is 0 Å². The van der Waals surface area contributed by atoms with Crippen molar-refractivity contribution in [2.75, 3.05) is 6.54 Å². The minimum absolute atomic E-state index is 0.326. The van der Waals surface area contributed by atoms with Gasteiger partial charge in [0.1, 0.15) is 11.6 Å². The Morgan fingerprint density at radius 2 is 1.95 bits per heavy atom. The molecule has 2 heterocycles. The van der Waals surface area contributed by atoms with Crippen molar-refractivity contribution in [2.45, 2.75) is 38.4 Å². The van der Waals surface area contributed by atoms with Crippen LogP contribution in [0.5, 0.6) is 0 Å². The summed E-state index contributed by atoms with van der Waals surface area (Å²) in [5, 5.41) is 7.82. The van der Waals surface area contributed by atoms with Gasteiger partial charge in [-0.05, 0) is 37.1 Å². The molecule has 1 saturated heterocycles. The minimum Gasteiger partial charge on any atom is -0.294 e. The van der Waals surface area contributed by atoms with Gasteiger partial charge in [0.25, 0.3) is 0 Å². The van der Waals surface area contributed by atoms with Gasteiger partial charge in [0, 0.05) is 24.8 Å². The van der Waals surface area contributed by atoms with Gasteiger partial charge in [-0.1, -0.05) is 11.6 Å². The van der Waals surface area contributed by atoms with E-state index < -0.39 is 11.6 Å². The number of hydrogen-bond donors (Lipinski definition) is 0. The van der Waals surface area contributed by atoms with Crippen molar-refractivity contribution >= 4 is 0 Å². The zero-order valence-corrected chi connectivity index (χ0v) is 11.8. The molecule has 112 valence electrons. The Labute approximate surface area is 122 Å². The first-order valence-corrected chi connectivity index (χ1v) is 7.24. The molecule has 1 atom stereocenters. The molecule has 0 radical (unpaired) electrons. The van der Waals surface area contributed by atoms with E-state index in [0.29, 0.717) is 18.2 Å². The van der Waals surface area contributed by atoms with Crippen LogP contribution in [0.2, 0.25) is 0 Å². The van der Waals surface area contributed by atoms with Crippen molar-refractivity contribution in [3.63, 3.8) is 0 Å². The van der Waals surface area contributed by atoms with Crippen molar-refractivity contribution < 1.29 is 8.78 Å². The molecular weight excluding hydrogens is 274 g/mol. The van der Waals surface area contributed by atoms with Crippen LogP contribution in [-0.2, 0) is 13.1 Å². The molecule has 3 rings (SSSR count). The van der Waals surface area contributed by atoms with E-state index in [1.54, 1.807) is 6.20 Å². The standard InChI is InChI=1S/C15H18F2N4/c16-13-7-12(8-14(17)9-13)10-20-5-2-1-3-15(20)11-21-6-4-18-19-21/h4,6-9,15H,1-3,5,10-11H2. The quantitative estimate of drug-likeness (QED) is 0.868. The number of rotatable bonds is 4. The summed E-state index contributed by atoms with van der Waals surface area (Å²) in [6, 6.07) is 4.05. The molecule has 0 N–H and O–H groups in total. The lowest BCUT2D eigenvalue weighted by atomic mass is 10.0. The van der Waals surface area contributed by atoms with E-state index in [4.69, 9.17) is 0 Å². The molecule has 0 saturated carbocycles. The van der Waals surface area contributed by atoms with Crippen LogP contribution in [0.3, 0.4) is 0 Å². The van der Waals surface area contributed by atoms with Gasteiger partial charge in [0.05, 0.1) is 12.7 Å². The molecule has 0 aliphatic carbocycles. The van der Waals surface area contributed by atoms with E-state index in [2.05, 4.69) is 15.2 Å². The summed E-state index contributed by atoms with van der Waals surface area (Å²) in [6.45, 7) is 2.27. The van der Waals surface area contributed by atoms with Gasteiger partial charge in [-0.25, -0.2) is 8.78 Å². The fraction of sp³-hybridized carbons (Fsp3) is 0.467. The maximum absolute atomic E-state index is 13.3. The average molecular weight is 292 g/mol. The van der Waals surface area contributed by atoms with Crippen molar-refractivity contribution in [1.29, 1.82) is 0 Å². The molecule has 21 heavy (non-hydrogen) atoms. The lowest BCUT2D eigenvalue weighted by Gasteiger charge is -2.35. The smallest absolute Gasteiger partial charge is 0.126 e. The molecule has 0 amide bonds. The summed E-state index contributed by atoms with van der Waals surface area (Å²) >= 11 is 0. The molecule has 1 aromatic heterocycles. The summed E-state index contributed by atoms with van der Waals surface area (Å²) in [6.07, 6.45) is 6.86. The normalized spacial score (nSPS) is 19.8. The highest BCUT2D eigenvalue weighted by atomic mass is 19.1. The minimum atomic E-state index is -0.519. The van der Waals surface area contributed by atoms with Gasteiger partial charge >= 0.3 is 0 Å². The Morgan fingerprint density at radius 1 is 1.14 bits per heavy atom. The van der Waals surface area contributed by atoms with Crippen molar-refractivity contribution in [3.05, 3.63) is 47.8 Å². The summed E-state index contributed by atoms with van der Waals surface area (Å²) in [5.74, 6) is -1.04. The second kappa shape index (κ2) is 6.30. The van der Waals surface area contributed by atoms with Gasteiger partial charge in [-0.2, -0.15) is 0 Å². The summed E-state index contributed by atoms with van der Waals surface area (Å²) in [7, 11) is 0. The number of aromatic nitrogens is 3. The largest absolute Gasteiger partial charge is 0.294 e. The third-order valence-corrected chi connectivity index (χ3v) is 3.93. The highest BCUT2D eigenvalue weighted by Crippen LogP contribution is 2.21. The number of hydrogen-bond acceptors (Lipinski definition) is 3. The Morgan fingerprint density at radius 3 is 2.67 bits per heavy atom. The van der Waals surface area contributed by atoms with Gasteiger partial charge in [-0.15, -0.1) is 5.10 Å². The van der Waals surface area contributed by atoms with E-state index in [9.17, 15) is 8.78 Å². The molecule has 1 unspecified atom stereocenters. The molecule has 1 fully saturated rings. The Hall–Kier alpha value is -1.82. The molecule has 1 aliphatic heterocycles. The van der Waals surface area contributed by atoms with E-state index in [1.165, 1.54) is 18.6 Å². The van der Waals surface area contributed by atoms with Crippen molar-refractivity contribution in [1.82, 2.24) is 19.9 Å². The Bertz CT molecular complexity index is 565. The lowest BCUT2D eigenvalue weighted by molar-refractivity contribution is 0.121. The summed E-state index contributed by atoms with van der Waals surface area (Å²) in [5.41, 5.74) is 0.679. The Balaban J connectivity index is 1.71. The van der Waals surface area contributed by atoms with Crippen LogP contribution >= 0.6 is 0 Å². The first-order chi connectivity index (χ1) is 10.2. The maximum Gasteiger partial charge on any atom is 0.126 e. The second-order valence-electron chi connectivity index (χ2n) is 5.52. The van der Waals surface area contributed by atoms with Crippen molar-refractivity contribution in [2.24, 2.45) is 0 Å². The predicted octanol–water partition coefficient (Wildman–Crippen LogP) is 2.61. The number of benzene rings is 1. The number of likely N-dealkylation sites (tertiary alicyclic amines) is 1. The third kappa shape index (κ3) is 3.64. The topological polar surface area (TPSA) is 34.0 Å². The first kappa shape index (κ1) is 14.1. The maximum atomic E-state index is 13.3. The fourth-order valence-corrected chi connectivity index (χ4v) is 2.96. The zero-order chi connectivity index (χ0) is 14.7. The lowest BCUT2D eigenvalue weighted by Crippen LogP contribution is -2.41. The molecule has 6 heteroatoms. The van der Waals surface area contributed by atoms with Crippen molar-refractivity contribution in [3.8, 4) is 0 Å². The molecule has 2 aromatic rings. The molecule has 0 spiro atoms. The van der Waals surface area contributed by atoms with Crippen LogP contribution in [0.25, 0.3) is 0 Å². The SMILES string of the molecule is Fc1cc(F)cc(CN2CCCCC2Cn2ccnn2)c1. The van der Waals surface area contributed by atoms with E-state index >= 15 is 0 Å². The van der Waals surface area contributed by atoms with E-state index in [0.717, 1.165) is 32.0 Å². The van der Waals surface area contributed by atoms with E-state index in [-0.39, 0.29) is 0 Å². The second-order valence-corrected chi connectivity index (χ2v) is 5.52. The third-order valence-electron chi connectivity index (χ3n) is 3.93. The predicted molar refractivity (Wildman–Crippen MR) is 74.4 cm³/mol. The number of halogens is 2. The monoisotopic (exact) mass is 292 g/mol. The Kier molecular flexibility index (Phi) is 4.24. The van der Waals surface area contributed by atoms with Gasteiger partial charge in [0.2, 0.25) is 0 Å². The molecule has 0 bridgehead atoms. The van der Waals surface area contributed by atoms with Crippen LogP contribution < -0.4 is 0 Å². The van der Waals surface area contributed by atoms with Crippen LogP contribution in [0.1, 0.15) is 24.8 Å². The van der Waals surface area contributed by atoms with Gasteiger partial charge < -0.3 is 0 Å². The zero-order valence-electron chi connectivity index (χ0n) is 11.8. The van der Waals surface area contributed by atoms with Crippen LogP contribution in [0.4, 0.5) is 8.78 Å². The molecule has 1 aromatic carbocycles. The first-order valence-electron chi connectivity index (χ1n) is 7.24. The number of piperidine rings is 1. The average Bonchev–Trinajstić information content (AvgIpc) is 2.93. The van der Waals surface area contributed by atoms with E-state index in [1.807, 2.05) is 10.9 Å². The summed E-state index contributed by atoms with van der Waals surface area (Å²) < 4.78 is 28.4. The van der Waals surface area contributed by atoms with Crippen LogP contribution in [0, 0.1) is 11.6 Å². The molecule has 4 nitrogen and oxygen atoms in total. The number of nitrogens with zero attached hydrogens (tertiary/aromatic N) is 4. The molecular formula is C15H18F2N4. The van der Waals surface area contributed by atoms with Crippen LogP contribution in [0.15, 0.2) is 30.6 Å². The summed E-state index contributed by atoms with van der Waals surface area (Å²) in [4.78, 5) is 2.28. The highest BCUT2D eigenvalue weighted by molar-refractivity contribution is 5.18.